The molecule has 0 saturated heterocycles. The van der Waals surface area contributed by atoms with E-state index < -0.39 is 26.7 Å². The molecular formula is C21H14F3N3O3S2. The lowest BCUT2D eigenvalue weighted by molar-refractivity contribution is -0.140. The molecule has 1 aromatic heterocycles. The minimum absolute atomic E-state index is 0.143. The summed E-state index contributed by atoms with van der Waals surface area (Å²) in [6, 6.07) is 18.8. The maximum absolute atomic E-state index is 13.7. The van der Waals surface area contributed by atoms with Crippen molar-refractivity contribution in [2.75, 3.05) is 4.72 Å². The van der Waals surface area contributed by atoms with E-state index in [0.717, 1.165) is 18.0 Å². The first-order valence-corrected chi connectivity index (χ1v) is 11.3. The smallest absolute Gasteiger partial charge is 0.417 e. The van der Waals surface area contributed by atoms with Crippen LogP contribution in [0.15, 0.2) is 84.0 Å². The zero-order valence-electron chi connectivity index (χ0n) is 16.1. The van der Waals surface area contributed by atoms with Crippen molar-refractivity contribution in [2.24, 2.45) is 0 Å². The summed E-state index contributed by atoms with van der Waals surface area (Å²) in [5, 5.41) is -0.143. The lowest BCUT2D eigenvalue weighted by Crippen LogP contribution is -2.19. The van der Waals surface area contributed by atoms with Crippen LogP contribution in [0.4, 0.5) is 18.3 Å². The van der Waals surface area contributed by atoms with Crippen LogP contribution in [0, 0.1) is 0 Å². The third-order valence-electron chi connectivity index (χ3n) is 4.33. The Labute approximate surface area is 185 Å². The number of para-hydroxylation sites is 1. The topological polar surface area (TPSA) is 81.2 Å². The molecule has 0 aliphatic rings. The molecule has 4 aromatic rings. The molecule has 1 N–H and O–H groups in total. The average Bonchev–Trinajstić information content (AvgIpc) is 3.26. The van der Waals surface area contributed by atoms with Crippen molar-refractivity contribution in [3.63, 3.8) is 0 Å². The van der Waals surface area contributed by atoms with Crippen molar-refractivity contribution in [1.82, 2.24) is 9.36 Å². The third kappa shape index (κ3) is 4.73. The number of alkyl halides is 3. The minimum atomic E-state index is -4.94. The molecule has 0 amide bonds. The van der Waals surface area contributed by atoms with Crippen LogP contribution >= 0.6 is 11.5 Å². The molecule has 32 heavy (non-hydrogen) atoms. The average molecular weight is 477 g/mol. The fraction of sp³-hybridized carbons (Fsp3) is 0.0476. The highest BCUT2D eigenvalue weighted by molar-refractivity contribution is 7.93. The van der Waals surface area contributed by atoms with Gasteiger partial charge in [-0.25, -0.2) is 13.4 Å². The van der Waals surface area contributed by atoms with E-state index in [1.54, 1.807) is 24.3 Å². The zero-order valence-corrected chi connectivity index (χ0v) is 17.7. The molecular weight excluding hydrogens is 463 g/mol. The second-order valence-electron chi connectivity index (χ2n) is 6.47. The lowest BCUT2D eigenvalue weighted by Gasteiger charge is -2.16. The number of anilines is 1. The molecule has 0 saturated carbocycles. The van der Waals surface area contributed by atoms with Gasteiger partial charge in [0.2, 0.25) is 5.13 Å². The van der Waals surface area contributed by atoms with Gasteiger partial charge in [0.25, 0.3) is 10.0 Å². The van der Waals surface area contributed by atoms with Gasteiger partial charge in [0, 0.05) is 17.1 Å². The van der Waals surface area contributed by atoms with Gasteiger partial charge in [-0.2, -0.15) is 17.5 Å². The number of benzene rings is 3. The first-order chi connectivity index (χ1) is 15.2. The van der Waals surface area contributed by atoms with Gasteiger partial charge in [0.1, 0.15) is 17.8 Å². The van der Waals surface area contributed by atoms with Crippen LogP contribution in [0.5, 0.6) is 11.5 Å². The molecule has 4 rings (SSSR count). The van der Waals surface area contributed by atoms with Gasteiger partial charge < -0.3 is 4.74 Å². The van der Waals surface area contributed by atoms with E-state index in [4.69, 9.17) is 4.74 Å². The van der Waals surface area contributed by atoms with Crippen LogP contribution in [-0.2, 0) is 16.2 Å². The van der Waals surface area contributed by atoms with Crippen LogP contribution in [0.3, 0.4) is 0 Å². The molecule has 0 aliphatic carbocycles. The van der Waals surface area contributed by atoms with Crippen molar-refractivity contribution in [2.45, 2.75) is 11.1 Å². The fourth-order valence-electron chi connectivity index (χ4n) is 2.96. The Kier molecular flexibility index (Phi) is 5.85. The predicted octanol–water partition coefficient (Wildman–Crippen LogP) is 5.82. The van der Waals surface area contributed by atoms with Crippen LogP contribution < -0.4 is 9.46 Å². The Bertz CT molecular complexity index is 1330. The Morgan fingerprint density at radius 2 is 1.66 bits per heavy atom. The Morgan fingerprint density at radius 1 is 0.938 bits per heavy atom. The highest BCUT2D eigenvalue weighted by atomic mass is 32.2. The summed E-state index contributed by atoms with van der Waals surface area (Å²) in [7, 11) is -4.56. The van der Waals surface area contributed by atoms with Crippen LogP contribution in [0.2, 0.25) is 0 Å². The van der Waals surface area contributed by atoms with Gasteiger partial charge in [-0.15, -0.1) is 0 Å². The van der Waals surface area contributed by atoms with Crippen molar-refractivity contribution in [3.8, 4) is 22.6 Å². The summed E-state index contributed by atoms with van der Waals surface area (Å²) in [5.74, 6) is 0.171. The largest absolute Gasteiger partial charge is 0.457 e. The van der Waals surface area contributed by atoms with E-state index in [2.05, 4.69) is 9.36 Å². The van der Waals surface area contributed by atoms with Gasteiger partial charge >= 0.3 is 6.18 Å². The van der Waals surface area contributed by atoms with Gasteiger partial charge in [-0.05, 0) is 29.8 Å². The molecule has 0 spiro atoms. The first kappa shape index (κ1) is 21.8. The van der Waals surface area contributed by atoms with E-state index >= 15 is 0 Å². The molecule has 0 radical (unpaired) electrons. The molecule has 0 unspecified atom stereocenters. The minimum Gasteiger partial charge on any atom is -0.457 e. The number of nitrogens with one attached hydrogen (secondary N) is 1. The molecule has 0 fully saturated rings. The highest BCUT2D eigenvalue weighted by Crippen LogP contribution is 2.39. The first-order valence-electron chi connectivity index (χ1n) is 9.07. The number of aromatic nitrogens is 2. The number of halogens is 3. The maximum atomic E-state index is 13.7. The number of hydrogen-bond donors (Lipinski definition) is 1. The Hall–Kier alpha value is -3.44. The van der Waals surface area contributed by atoms with Crippen LogP contribution in [0.25, 0.3) is 11.1 Å². The maximum Gasteiger partial charge on any atom is 0.417 e. The normalized spacial score (nSPS) is 11.8. The summed E-state index contributed by atoms with van der Waals surface area (Å²) >= 11 is 0.705. The molecule has 6 nitrogen and oxygen atoms in total. The standard InChI is InChI=1S/C21H14F3N3O3S2/c22-21(23,24)17-12-15(10-11-19(17)32(28,29)27-20-25-13-26-31-20)30-18-9-5-4-8-16(18)14-6-2-1-3-7-14/h1-13H,(H,25,26,27). The number of nitrogens with zero attached hydrogens (tertiary/aromatic N) is 2. The van der Waals surface area contributed by atoms with Crippen molar-refractivity contribution < 1.29 is 26.3 Å². The van der Waals surface area contributed by atoms with E-state index in [-0.39, 0.29) is 10.9 Å². The van der Waals surface area contributed by atoms with Crippen molar-refractivity contribution >= 4 is 26.7 Å². The molecule has 3 aromatic carbocycles. The van der Waals surface area contributed by atoms with E-state index in [1.807, 2.05) is 35.1 Å². The summed E-state index contributed by atoms with van der Waals surface area (Å²) in [6.45, 7) is 0. The second kappa shape index (κ2) is 8.60. The SMILES string of the molecule is O=S(=O)(Nc1ncns1)c1ccc(Oc2ccccc2-c2ccccc2)cc1C(F)(F)F. The summed E-state index contributed by atoms with van der Waals surface area (Å²) in [5.41, 5.74) is 0.139. The summed E-state index contributed by atoms with van der Waals surface area (Å²) in [6.07, 6.45) is -3.85. The number of hydrogen-bond acceptors (Lipinski definition) is 6. The van der Waals surface area contributed by atoms with E-state index in [9.17, 15) is 21.6 Å². The Morgan fingerprint density at radius 3 is 2.34 bits per heavy atom. The number of rotatable bonds is 6. The van der Waals surface area contributed by atoms with Gasteiger partial charge in [-0.3, -0.25) is 4.72 Å². The van der Waals surface area contributed by atoms with Crippen molar-refractivity contribution in [3.05, 3.63) is 84.7 Å². The van der Waals surface area contributed by atoms with Crippen LogP contribution in [-0.4, -0.2) is 17.8 Å². The predicted molar refractivity (Wildman–Crippen MR) is 114 cm³/mol. The molecule has 0 atom stereocenters. The molecule has 0 aliphatic heterocycles. The van der Waals surface area contributed by atoms with Gasteiger partial charge in [0.05, 0.1) is 10.5 Å². The summed E-state index contributed by atoms with van der Waals surface area (Å²) < 4.78 is 77.7. The molecule has 0 bridgehead atoms. The zero-order chi connectivity index (χ0) is 22.8. The van der Waals surface area contributed by atoms with E-state index in [0.29, 0.717) is 28.9 Å². The van der Waals surface area contributed by atoms with Gasteiger partial charge in [0.15, 0.2) is 0 Å². The van der Waals surface area contributed by atoms with Crippen LogP contribution in [0.1, 0.15) is 5.56 Å². The highest BCUT2D eigenvalue weighted by Gasteiger charge is 2.38. The quantitative estimate of drug-likeness (QED) is 0.379. The number of sulfonamides is 1. The van der Waals surface area contributed by atoms with Gasteiger partial charge in [-0.1, -0.05) is 48.5 Å². The van der Waals surface area contributed by atoms with Crippen molar-refractivity contribution in [1.29, 1.82) is 0 Å². The fourth-order valence-corrected chi connectivity index (χ4v) is 4.83. The Balaban J connectivity index is 1.72. The lowest BCUT2D eigenvalue weighted by atomic mass is 10.0. The summed E-state index contributed by atoms with van der Waals surface area (Å²) in [4.78, 5) is 2.70. The number of ether oxygens (including phenoxy) is 1. The molecule has 11 heteroatoms. The van der Waals surface area contributed by atoms with E-state index in [1.165, 1.54) is 6.07 Å². The third-order valence-corrected chi connectivity index (χ3v) is 6.43. The second-order valence-corrected chi connectivity index (χ2v) is 8.90. The molecule has 1 heterocycles. The monoisotopic (exact) mass is 477 g/mol. The molecule has 164 valence electrons.